The molecule has 0 spiro atoms. The Bertz CT molecular complexity index is 250. The Morgan fingerprint density at radius 2 is 2.16 bits per heavy atom. The Labute approximate surface area is 112 Å². The summed E-state index contributed by atoms with van der Waals surface area (Å²) in [7, 11) is 0. The number of rotatable bonds is 7. The van der Waals surface area contributed by atoms with Crippen LogP contribution >= 0.6 is 0 Å². The molecular weight excluding hydrogens is 261 g/mol. The molecule has 0 bridgehead atoms. The van der Waals surface area contributed by atoms with Crippen LogP contribution in [0, 0.1) is 0 Å². The quantitative estimate of drug-likeness (QED) is 0.714. The maximum atomic E-state index is 11.8. The summed E-state index contributed by atoms with van der Waals surface area (Å²) in [4.78, 5) is 2.33. The Morgan fingerprint density at radius 3 is 2.79 bits per heavy atom. The molecule has 1 fully saturated rings. The van der Waals surface area contributed by atoms with Gasteiger partial charge in [0.1, 0.15) is 6.61 Å². The lowest BCUT2D eigenvalue weighted by Gasteiger charge is -2.35. The van der Waals surface area contributed by atoms with Crippen molar-refractivity contribution in [2.45, 2.75) is 32.2 Å². The van der Waals surface area contributed by atoms with E-state index < -0.39 is 12.8 Å². The monoisotopic (exact) mass is 284 g/mol. The SMILES string of the molecule is CC(C)N1CCOC(CNCCOCC(F)(F)F)C1. The zero-order valence-corrected chi connectivity index (χ0v) is 11.5. The van der Waals surface area contributed by atoms with Crippen LogP contribution in [0.15, 0.2) is 0 Å². The molecule has 0 amide bonds. The van der Waals surface area contributed by atoms with Crippen molar-refractivity contribution in [1.29, 1.82) is 0 Å². The Hall–Kier alpha value is -0.370. The van der Waals surface area contributed by atoms with E-state index in [-0.39, 0.29) is 12.7 Å². The molecule has 1 unspecified atom stereocenters. The van der Waals surface area contributed by atoms with E-state index in [4.69, 9.17) is 4.74 Å². The highest BCUT2D eigenvalue weighted by Gasteiger charge is 2.27. The summed E-state index contributed by atoms with van der Waals surface area (Å²) in [5.41, 5.74) is 0. The molecule has 1 aliphatic rings. The Morgan fingerprint density at radius 1 is 1.42 bits per heavy atom. The summed E-state index contributed by atoms with van der Waals surface area (Å²) in [6.45, 7) is 6.68. The predicted octanol–water partition coefficient (Wildman–Crippen LogP) is 1.26. The second kappa shape index (κ2) is 8.04. The van der Waals surface area contributed by atoms with Gasteiger partial charge in [0, 0.05) is 32.2 Å². The molecule has 0 aromatic rings. The van der Waals surface area contributed by atoms with Gasteiger partial charge in [0.25, 0.3) is 0 Å². The van der Waals surface area contributed by atoms with Gasteiger partial charge in [-0.25, -0.2) is 0 Å². The van der Waals surface area contributed by atoms with E-state index >= 15 is 0 Å². The molecule has 114 valence electrons. The minimum atomic E-state index is -4.25. The third kappa shape index (κ3) is 7.71. The molecular formula is C12H23F3N2O2. The molecule has 19 heavy (non-hydrogen) atoms. The van der Waals surface area contributed by atoms with Crippen molar-refractivity contribution in [3.63, 3.8) is 0 Å². The third-order valence-corrected chi connectivity index (χ3v) is 2.96. The molecule has 4 nitrogen and oxygen atoms in total. The van der Waals surface area contributed by atoms with E-state index in [1.165, 1.54) is 0 Å². The second-order valence-corrected chi connectivity index (χ2v) is 4.95. The Balaban J connectivity index is 2.03. The number of alkyl halides is 3. The summed E-state index contributed by atoms with van der Waals surface area (Å²) < 4.78 is 45.5. The lowest BCUT2D eigenvalue weighted by molar-refractivity contribution is -0.173. The van der Waals surface area contributed by atoms with E-state index in [1.54, 1.807) is 0 Å². The molecule has 7 heteroatoms. The van der Waals surface area contributed by atoms with Gasteiger partial charge in [0.2, 0.25) is 0 Å². The van der Waals surface area contributed by atoms with Crippen molar-refractivity contribution in [3.8, 4) is 0 Å². The van der Waals surface area contributed by atoms with Crippen LogP contribution in [0.4, 0.5) is 13.2 Å². The molecule has 0 aromatic carbocycles. The molecule has 1 N–H and O–H groups in total. The van der Waals surface area contributed by atoms with Crippen molar-refractivity contribution in [3.05, 3.63) is 0 Å². The van der Waals surface area contributed by atoms with Crippen molar-refractivity contribution < 1.29 is 22.6 Å². The normalized spacial score (nSPS) is 22.1. The van der Waals surface area contributed by atoms with Crippen LogP contribution in [0.1, 0.15) is 13.8 Å². The fraction of sp³-hybridized carbons (Fsp3) is 1.00. The maximum absolute atomic E-state index is 11.8. The molecule has 1 saturated heterocycles. The first-order valence-corrected chi connectivity index (χ1v) is 6.59. The Kier molecular flexibility index (Phi) is 7.06. The molecule has 1 heterocycles. The zero-order chi connectivity index (χ0) is 14.3. The molecule has 1 aliphatic heterocycles. The summed E-state index contributed by atoms with van der Waals surface area (Å²) in [5.74, 6) is 0. The van der Waals surface area contributed by atoms with E-state index in [0.717, 1.165) is 13.1 Å². The molecule has 1 rings (SSSR count). The van der Waals surface area contributed by atoms with Crippen LogP contribution in [-0.2, 0) is 9.47 Å². The van der Waals surface area contributed by atoms with Gasteiger partial charge >= 0.3 is 6.18 Å². The number of nitrogens with zero attached hydrogens (tertiary/aromatic N) is 1. The molecule has 0 aliphatic carbocycles. The first-order valence-electron chi connectivity index (χ1n) is 6.59. The van der Waals surface area contributed by atoms with Crippen molar-refractivity contribution >= 4 is 0 Å². The summed E-state index contributed by atoms with van der Waals surface area (Å²) >= 11 is 0. The lowest BCUT2D eigenvalue weighted by Crippen LogP contribution is -2.49. The average Bonchev–Trinajstić information content (AvgIpc) is 2.32. The van der Waals surface area contributed by atoms with E-state index in [1.807, 2.05) is 0 Å². The topological polar surface area (TPSA) is 33.7 Å². The molecule has 0 aromatic heterocycles. The maximum Gasteiger partial charge on any atom is 0.411 e. The minimum Gasteiger partial charge on any atom is -0.374 e. The van der Waals surface area contributed by atoms with Crippen LogP contribution in [0.25, 0.3) is 0 Å². The third-order valence-electron chi connectivity index (χ3n) is 2.96. The van der Waals surface area contributed by atoms with E-state index in [9.17, 15) is 13.2 Å². The van der Waals surface area contributed by atoms with Crippen molar-refractivity contribution in [1.82, 2.24) is 10.2 Å². The first kappa shape index (κ1) is 16.7. The van der Waals surface area contributed by atoms with Gasteiger partial charge in [-0.2, -0.15) is 13.2 Å². The summed E-state index contributed by atoms with van der Waals surface area (Å²) in [5, 5.41) is 3.06. The number of hydrogen-bond donors (Lipinski definition) is 1. The predicted molar refractivity (Wildman–Crippen MR) is 66.2 cm³/mol. The van der Waals surface area contributed by atoms with Gasteiger partial charge in [0.05, 0.1) is 19.3 Å². The van der Waals surface area contributed by atoms with E-state index in [0.29, 0.717) is 25.7 Å². The smallest absolute Gasteiger partial charge is 0.374 e. The van der Waals surface area contributed by atoms with Crippen LogP contribution in [0.5, 0.6) is 0 Å². The average molecular weight is 284 g/mol. The molecule has 1 atom stereocenters. The number of halogens is 3. The summed E-state index contributed by atoms with van der Waals surface area (Å²) in [6.07, 6.45) is -4.15. The molecule has 0 radical (unpaired) electrons. The highest BCUT2D eigenvalue weighted by atomic mass is 19.4. The largest absolute Gasteiger partial charge is 0.411 e. The first-order chi connectivity index (χ1) is 8.88. The second-order valence-electron chi connectivity index (χ2n) is 4.95. The minimum absolute atomic E-state index is 0.0557. The lowest BCUT2D eigenvalue weighted by atomic mass is 10.2. The zero-order valence-electron chi connectivity index (χ0n) is 11.5. The van der Waals surface area contributed by atoms with Crippen molar-refractivity contribution in [2.24, 2.45) is 0 Å². The van der Waals surface area contributed by atoms with Crippen LogP contribution < -0.4 is 5.32 Å². The van der Waals surface area contributed by atoms with Gasteiger partial charge in [-0.1, -0.05) is 0 Å². The van der Waals surface area contributed by atoms with Gasteiger partial charge in [-0.05, 0) is 13.8 Å². The van der Waals surface area contributed by atoms with Crippen LogP contribution in [0.2, 0.25) is 0 Å². The summed E-state index contributed by atoms with van der Waals surface area (Å²) in [6, 6.07) is 0.488. The van der Waals surface area contributed by atoms with E-state index in [2.05, 4.69) is 28.8 Å². The number of ether oxygens (including phenoxy) is 2. The number of morpholine rings is 1. The van der Waals surface area contributed by atoms with Gasteiger partial charge in [0.15, 0.2) is 0 Å². The van der Waals surface area contributed by atoms with Crippen LogP contribution in [0.3, 0.4) is 0 Å². The van der Waals surface area contributed by atoms with Crippen molar-refractivity contribution in [2.75, 3.05) is 46.0 Å². The van der Waals surface area contributed by atoms with Gasteiger partial charge in [-0.15, -0.1) is 0 Å². The fourth-order valence-electron chi connectivity index (χ4n) is 1.93. The fourth-order valence-corrected chi connectivity index (χ4v) is 1.93. The highest BCUT2D eigenvalue weighted by molar-refractivity contribution is 4.75. The highest BCUT2D eigenvalue weighted by Crippen LogP contribution is 2.14. The van der Waals surface area contributed by atoms with Gasteiger partial charge in [-0.3, -0.25) is 4.90 Å². The van der Waals surface area contributed by atoms with Crippen LogP contribution in [-0.4, -0.2) is 69.2 Å². The van der Waals surface area contributed by atoms with Gasteiger partial charge < -0.3 is 14.8 Å². The standard InChI is InChI=1S/C12H23F3N2O2/c1-10(2)17-4-6-19-11(8-17)7-16-3-5-18-9-12(13,14)15/h10-11,16H,3-9H2,1-2H3. The number of hydrogen-bond acceptors (Lipinski definition) is 4. The molecule has 0 saturated carbocycles. The number of nitrogens with one attached hydrogen (secondary N) is 1.